The highest BCUT2D eigenvalue weighted by atomic mass is 35.6. The van der Waals surface area contributed by atoms with Gasteiger partial charge in [-0.2, -0.15) is 0 Å². The molecule has 216 valence electrons. The molecule has 0 saturated carbocycles. The first-order chi connectivity index (χ1) is 18.1. The summed E-state index contributed by atoms with van der Waals surface area (Å²) < 4.78 is -1.84. The van der Waals surface area contributed by atoms with Gasteiger partial charge in [0.2, 0.25) is 9.70 Å². The number of nitrogens with zero attached hydrogens (tertiary/aromatic N) is 1. The first-order valence-corrected chi connectivity index (χ1v) is 15.4. The number of benzene rings is 1. The Balaban J connectivity index is 2.17. The smallest absolute Gasteiger partial charge is 0.269 e. The Labute approximate surface area is 248 Å². The first-order valence-electron chi connectivity index (χ1n) is 13.8. The molecule has 0 heterocycles. The van der Waals surface area contributed by atoms with Crippen LogP contribution < -0.4 is 16.0 Å². The quantitative estimate of drug-likeness (QED) is 0.0341. The van der Waals surface area contributed by atoms with E-state index in [1.807, 2.05) is 0 Å². The molecule has 38 heavy (non-hydrogen) atoms. The van der Waals surface area contributed by atoms with Crippen LogP contribution in [0.4, 0.5) is 11.4 Å². The number of anilines is 1. The van der Waals surface area contributed by atoms with Crippen molar-refractivity contribution in [2.75, 3.05) is 5.32 Å². The Morgan fingerprint density at radius 2 is 1.29 bits per heavy atom. The molecule has 1 aromatic rings. The van der Waals surface area contributed by atoms with Crippen molar-refractivity contribution in [3.63, 3.8) is 0 Å². The van der Waals surface area contributed by atoms with Crippen LogP contribution in [0.2, 0.25) is 0 Å². The fraction of sp³-hybridized carbons (Fsp3) is 0.704. The number of thiocarbonyl (C=S) groups is 1. The van der Waals surface area contributed by atoms with E-state index in [0.29, 0.717) is 12.1 Å². The van der Waals surface area contributed by atoms with Crippen LogP contribution in [-0.2, 0) is 4.79 Å². The maximum atomic E-state index is 12.4. The largest absolute Gasteiger partial charge is 0.339 e. The van der Waals surface area contributed by atoms with Crippen LogP contribution in [-0.4, -0.2) is 25.9 Å². The van der Waals surface area contributed by atoms with Crippen molar-refractivity contribution in [2.45, 2.75) is 120 Å². The van der Waals surface area contributed by atoms with Gasteiger partial charge >= 0.3 is 0 Å². The van der Waals surface area contributed by atoms with Gasteiger partial charge in [-0.1, -0.05) is 132 Å². The third-order valence-corrected chi connectivity index (χ3v) is 7.13. The molecular formula is C27H43Cl3N4O3S. The van der Waals surface area contributed by atoms with Gasteiger partial charge in [0.1, 0.15) is 6.17 Å². The van der Waals surface area contributed by atoms with Crippen molar-refractivity contribution >= 4 is 69.4 Å². The zero-order valence-electron chi connectivity index (χ0n) is 22.4. The van der Waals surface area contributed by atoms with E-state index >= 15 is 0 Å². The summed E-state index contributed by atoms with van der Waals surface area (Å²) in [5.41, 5.74) is 0.472. The molecule has 1 unspecified atom stereocenters. The minimum absolute atomic E-state index is 0.0420. The third-order valence-electron chi connectivity index (χ3n) is 6.25. The maximum Gasteiger partial charge on any atom is 0.269 e. The lowest BCUT2D eigenvalue weighted by molar-refractivity contribution is -0.384. The van der Waals surface area contributed by atoms with Crippen LogP contribution >= 0.6 is 47.0 Å². The zero-order valence-corrected chi connectivity index (χ0v) is 25.5. The van der Waals surface area contributed by atoms with Gasteiger partial charge in [-0.25, -0.2) is 0 Å². The molecule has 1 atom stereocenters. The summed E-state index contributed by atoms with van der Waals surface area (Å²) in [4.78, 5) is 22.7. The van der Waals surface area contributed by atoms with Gasteiger partial charge in [-0.05, 0) is 30.8 Å². The second-order valence-electron chi connectivity index (χ2n) is 9.64. The van der Waals surface area contributed by atoms with Gasteiger partial charge < -0.3 is 16.0 Å². The van der Waals surface area contributed by atoms with Crippen LogP contribution in [0, 0.1) is 10.1 Å². The normalized spacial score (nSPS) is 12.1. The van der Waals surface area contributed by atoms with Crippen LogP contribution in [0.15, 0.2) is 24.3 Å². The number of carbonyl (C=O) groups excluding carboxylic acids is 1. The van der Waals surface area contributed by atoms with E-state index in [2.05, 4.69) is 22.9 Å². The van der Waals surface area contributed by atoms with E-state index < -0.39 is 14.9 Å². The van der Waals surface area contributed by atoms with Crippen LogP contribution in [0.25, 0.3) is 0 Å². The fourth-order valence-electron chi connectivity index (χ4n) is 4.05. The van der Waals surface area contributed by atoms with Gasteiger partial charge in [0.15, 0.2) is 5.11 Å². The molecule has 11 heteroatoms. The number of hydrogen-bond acceptors (Lipinski definition) is 4. The van der Waals surface area contributed by atoms with Crippen molar-refractivity contribution < 1.29 is 9.72 Å². The Hall–Kier alpha value is -1.35. The van der Waals surface area contributed by atoms with Gasteiger partial charge in [-0.15, -0.1) is 0 Å². The Morgan fingerprint density at radius 1 is 0.842 bits per heavy atom. The number of nitro benzene ring substituents is 1. The number of unbranched alkanes of at least 4 members (excludes halogenated alkanes) is 14. The number of non-ortho nitro benzene ring substituents is 1. The summed E-state index contributed by atoms with van der Waals surface area (Å²) >= 11 is 23.3. The number of nitrogens with one attached hydrogen (secondary N) is 3. The molecule has 1 rings (SSSR count). The van der Waals surface area contributed by atoms with Gasteiger partial charge in [0, 0.05) is 24.2 Å². The predicted molar refractivity (Wildman–Crippen MR) is 164 cm³/mol. The molecule has 1 aromatic carbocycles. The fourth-order valence-corrected chi connectivity index (χ4v) is 4.62. The third kappa shape index (κ3) is 17.3. The zero-order chi connectivity index (χ0) is 28.2. The molecule has 0 aliphatic rings. The number of amides is 1. The first kappa shape index (κ1) is 34.7. The van der Waals surface area contributed by atoms with Crippen LogP contribution in [0.1, 0.15) is 110 Å². The summed E-state index contributed by atoms with van der Waals surface area (Å²) in [6.07, 6.45) is 18.1. The van der Waals surface area contributed by atoms with Crippen LogP contribution in [0.5, 0.6) is 0 Å². The van der Waals surface area contributed by atoms with E-state index in [1.54, 1.807) is 0 Å². The molecule has 0 aliphatic heterocycles. The molecule has 0 saturated heterocycles. The lowest BCUT2D eigenvalue weighted by Gasteiger charge is -2.27. The molecule has 0 spiro atoms. The number of alkyl halides is 3. The number of carbonyl (C=O) groups is 1. The minimum Gasteiger partial charge on any atom is -0.339 e. The minimum atomic E-state index is -1.84. The van der Waals surface area contributed by atoms with Crippen molar-refractivity contribution in [3.8, 4) is 0 Å². The summed E-state index contributed by atoms with van der Waals surface area (Å²) in [6, 6.07) is 5.70. The number of halogens is 3. The number of nitro groups is 1. The Morgan fingerprint density at radius 3 is 1.71 bits per heavy atom. The van der Waals surface area contributed by atoms with E-state index in [4.69, 9.17) is 47.0 Å². The molecule has 1 amide bonds. The highest BCUT2D eigenvalue weighted by molar-refractivity contribution is 7.80. The SMILES string of the molecule is CCCCCCCCCCCCCCCCCC(=O)NC(NC(=S)Nc1ccc([N+](=O)[O-])cc1)C(Cl)(Cl)Cl. The van der Waals surface area contributed by atoms with Crippen molar-refractivity contribution in [2.24, 2.45) is 0 Å². The van der Waals surface area contributed by atoms with Gasteiger partial charge in [0.25, 0.3) is 5.69 Å². The molecule has 0 radical (unpaired) electrons. The van der Waals surface area contributed by atoms with Crippen molar-refractivity contribution in [1.82, 2.24) is 10.6 Å². The molecule has 0 bridgehead atoms. The highest BCUT2D eigenvalue weighted by Crippen LogP contribution is 2.29. The monoisotopic (exact) mass is 608 g/mol. The van der Waals surface area contributed by atoms with E-state index in [1.165, 1.54) is 101 Å². The number of hydrogen-bond donors (Lipinski definition) is 3. The standard InChI is InChI=1S/C27H43Cl3N4O3S/c1-2-3-4-5-6-7-8-9-10-11-12-13-14-15-16-17-24(35)32-25(27(28,29)30)33-26(38)31-22-18-20-23(21-19-22)34(36)37/h18-21,25H,2-17H2,1H3,(H,32,35)(H2,31,33,38). The summed E-state index contributed by atoms with van der Waals surface area (Å²) in [5.74, 6) is -0.235. The average Bonchev–Trinajstić information content (AvgIpc) is 2.85. The second kappa shape index (κ2) is 20.5. The topological polar surface area (TPSA) is 96.3 Å². The maximum absolute atomic E-state index is 12.4. The van der Waals surface area contributed by atoms with Gasteiger partial charge in [0.05, 0.1) is 4.92 Å². The predicted octanol–water partition coefficient (Wildman–Crippen LogP) is 8.96. The summed E-state index contributed by atoms with van der Waals surface area (Å²) in [6.45, 7) is 2.25. The average molecular weight is 610 g/mol. The van der Waals surface area contributed by atoms with E-state index in [0.717, 1.165) is 19.3 Å². The van der Waals surface area contributed by atoms with E-state index in [9.17, 15) is 14.9 Å². The lowest BCUT2D eigenvalue weighted by Crippen LogP contribution is -2.56. The molecule has 0 aliphatic carbocycles. The van der Waals surface area contributed by atoms with Crippen molar-refractivity contribution in [1.29, 1.82) is 0 Å². The Kier molecular flexibility index (Phi) is 18.7. The second-order valence-corrected chi connectivity index (χ2v) is 12.4. The lowest BCUT2D eigenvalue weighted by atomic mass is 10.0. The van der Waals surface area contributed by atoms with Crippen molar-refractivity contribution in [3.05, 3.63) is 34.4 Å². The summed E-state index contributed by atoms with van der Waals surface area (Å²) in [7, 11) is 0. The molecule has 0 fully saturated rings. The van der Waals surface area contributed by atoms with Gasteiger partial charge in [-0.3, -0.25) is 14.9 Å². The number of rotatable bonds is 20. The summed E-state index contributed by atoms with van der Waals surface area (Å²) in [5, 5.41) is 19.2. The molecular weight excluding hydrogens is 567 g/mol. The molecule has 3 N–H and O–H groups in total. The molecule has 7 nitrogen and oxygen atoms in total. The Bertz CT molecular complexity index is 823. The highest BCUT2D eigenvalue weighted by Gasteiger charge is 2.34. The molecule has 0 aromatic heterocycles. The van der Waals surface area contributed by atoms with Crippen LogP contribution in [0.3, 0.4) is 0 Å². The van der Waals surface area contributed by atoms with E-state index in [-0.39, 0.29) is 16.7 Å².